The fourth-order valence-corrected chi connectivity index (χ4v) is 0.694. The number of aromatic nitrogens is 1. The second-order valence-electron chi connectivity index (χ2n) is 2.16. The van der Waals surface area contributed by atoms with Crippen LogP contribution in [0.5, 0.6) is 0 Å². The average molecular weight is 150 g/mol. The van der Waals surface area contributed by atoms with E-state index < -0.39 is 0 Å². The van der Waals surface area contributed by atoms with E-state index in [2.05, 4.69) is 9.98 Å². The van der Waals surface area contributed by atoms with Gasteiger partial charge in [-0.2, -0.15) is 0 Å². The maximum atomic E-state index is 5.50. The van der Waals surface area contributed by atoms with E-state index in [1.165, 1.54) is 0 Å². The molecule has 11 heavy (non-hydrogen) atoms. The van der Waals surface area contributed by atoms with Crippen LogP contribution in [-0.4, -0.2) is 10.8 Å². The Morgan fingerprint density at radius 1 is 1.64 bits per heavy atom. The van der Waals surface area contributed by atoms with Crippen LogP contribution < -0.4 is 11.5 Å². The summed E-state index contributed by atoms with van der Waals surface area (Å²) < 4.78 is 0. The van der Waals surface area contributed by atoms with E-state index in [-0.39, 0.29) is 0 Å². The molecule has 0 unspecified atom stereocenters. The summed E-state index contributed by atoms with van der Waals surface area (Å²) in [5.74, 6) is 0.877. The van der Waals surface area contributed by atoms with Crippen molar-refractivity contribution in [2.45, 2.75) is 6.92 Å². The van der Waals surface area contributed by atoms with Crippen LogP contribution in [0.2, 0.25) is 0 Å². The Morgan fingerprint density at radius 3 is 2.91 bits per heavy atom. The predicted octanol–water partition coefficient (Wildman–Crippen LogP) is 0.672. The molecule has 0 aromatic carbocycles. The molecular weight excluding hydrogens is 140 g/mol. The highest BCUT2D eigenvalue weighted by Gasteiger charge is 1.94. The van der Waals surface area contributed by atoms with Gasteiger partial charge in [0.15, 0.2) is 0 Å². The zero-order valence-electron chi connectivity index (χ0n) is 6.28. The molecule has 0 aliphatic carbocycles. The second-order valence-corrected chi connectivity index (χ2v) is 2.16. The monoisotopic (exact) mass is 150 g/mol. The van der Waals surface area contributed by atoms with Crippen molar-refractivity contribution < 1.29 is 0 Å². The zero-order valence-corrected chi connectivity index (χ0v) is 6.28. The third-order valence-corrected chi connectivity index (χ3v) is 1.11. The number of rotatable bonds is 1. The van der Waals surface area contributed by atoms with E-state index in [0.29, 0.717) is 17.3 Å². The molecule has 0 aliphatic heterocycles. The van der Waals surface area contributed by atoms with Gasteiger partial charge in [-0.15, -0.1) is 0 Å². The van der Waals surface area contributed by atoms with Crippen LogP contribution >= 0.6 is 0 Å². The summed E-state index contributed by atoms with van der Waals surface area (Å²) in [5.41, 5.74) is 11.5. The van der Waals surface area contributed by atoms with Crippen molar-refractivity contribution in [3.05, 3.63) is 18.3 Å². The lowest BCUT2D eigenvalue weighted by atomic mass is 10.4. The van der Waals surface area contributed by atoms with Gasteiger partial charge in [-0.3, -0.25) is 0 Å². The molecule has 4 nitrogen and oxygen atoms in total. The van der Waals surface area contributed by atoms with E-state index in [4.69, 9.17) is 11.5 Å². The molecule has 1 aromatic rings. The van der Waals surface area contributed by atoms with Gasteiger partial charge in [0, 0.05) is 6.20 Å². The second kappa shape index (κ2) is 3.01. The standard InChI is InChI=1S/C7H10N4/c1-5(8)11-6-3-2-4-10-7(6)9/h2-4H,1H3,(H2,8,11)(H2,9,10). The number of amidine groups is 1. The summed E-state index contributed by atoms with van der Waals surface area (Å²) in [6.45, 7) is 1.70. The van der Waals surface area contributed by atoms with E-state index in [0.717, 1.165) is 0 Å². The maximum absolute atomic E-state index is 5.50. The lowest BCUT2D eigenvalue weighted by molar-refractivity contribution is 1.31. The molecule has 4 N–H and O–H groups in total. The molecule has 58 valence electrons. The first-order chi connectivity index (χ1) is 5.20. The number of hydrogen-bond donors (Lipinski definition) is 2. The number of nitrogen functional groups attached to an aromatic ring is 1. The Balaban J connectivity index is 3.04. The number of hydrogen-bond acceptors (Lipinski definition) is 3. The lowest BCUT2D eigenvalue weighted by Crippen LogP contribution is -2.04. The Hall–Kier alpha value is -1.58. The summed E-state index contributed by atoms with van der Waals surface area (Å²) in [6.07, 6.45) is 1.61. The van der Waals surface area contributed by atoms with Gasteiger partial charge >= 0.3 is 0 Å². The number of nitrogens with zero attached hydrogens (tertiary/aromatic N) is 2. The third-order valence-electron chi connectivity index (χ3n) is 1.11. The molecule has 0 fully saturated rings. The molecule has 0 spiro atoms. The van der Waals surface area contributed by atoms with Crippen LogP contribution in [0.1, 0.15) is 6.92 Å². The number of nitrogens with two attached hydrogens (primary N) is 2. The molecule has 1 rings (SSSR count). The van der Waals surface area contributed by atoms with Gasteiger partial charge in [-0.05, 0) is 19.1 Å². The van der Waals surface area contributed by atoms with Crippen LogP contribution in [0.3, 0.4) is 0 Å². The average Bonchev–Trinajstić information content (AvgIpc) is 1.93. The van der Waals surface area contributed by atoms with Crippen LogP contribution in [0, 0.1) is 0 Å². The molecule has 0 saturated carbocycles. The summed E-state index contributed by atoms with van der Waals surface area (Å²) in [5, 5.41) is 0. The SMILES string of the molecule is CC(N)=Nc1cccnc1N. The van der Waals surface area contributed by atoms with Gasteiger partial charge in [0.25, 0.3) is 0 Å². The van der Waals surface area contributed by atoms with Crippen LogP contribution in [0.25, 0.3) is 0 Å². The summed E-state index contributed by atoms with van der Waals surface area (Å²) >= 11 is 0. The van der Waals surface area contributed by atoms with Gasteiger partial charge in [0.1, 0.15) is 11.5 Å². The van der Waals surface area contributed by atoms with Crippen molar-refractivity contribution in [2.24, 2.45) is 10.7 Å². The molecule has 0 amide bonds. The quantitative estimate of drug-likeness (QED) is 0.456. The van der Waals surface area contributed by atoms with Crippen molar-refractivity contribution in [3.63, 3.8) is 0 Å². The van der Waals surface area contributed by atoms with Gasteiger partial charge in [0.2, 0.25) is 0 Å². The van der Waals surface area contributed by atoms with Gasteiger partial charge in [0.05, 0.1) is 5.84 Å². The predicted molar refractivity (Wildman–Crippen MR) is 45.6 cm³/mol. The van der Waals surface area contributed by atoms with E-state index in [1.807, 2.05) is 0 Å². The summed E-state index contributed by atoms with van der Waals surface area (Å²) in [7, 11) is 0. The molecule has 1 heterocycles. The molecule has 1 aromatic heterocycles. The van der Waals surface area contributed by atoms with Crippen molar-refractivity contribution in [1.29, 1.82) is 0 Å². The molecule has 0 radical (unpaired) electrons. The normalized spacial score (nSPS) is 11.5. The molecular formula is C7H10N4. The van der Waals surface area contributed by atoms with Crippen molar-refractivity contribution in [2.75, 3.05) is 5.73 Å². The van der Waals surface area contributed by atoms with Gasteiger partial charge in [-0.1, -0.05) is 0 Å². The lowest BCUT2D eigenvalue weighted by Gasteiger charge is -1.96. The Morgan fingerprint density at radius 2 is 2.36 bits per heavy atom. The Labute approximate surface area is 65.0 Å². The van der Waals surface area contributed by atoms with Crippen LogP contribution in [0.4, 0.5) is 11.5 Å². The fraction of sp³-hybridized carbons (Fsp3) is 0.143. The highest BCUT2D eigenvalue weighted by atomic mass is 14.9. The number of aliphatic imine (C=N–C) groups is 1. The number of anilines is 1. The van der Waals surface area contributed by atoms with Crippen LogP contribution in [0.15, 0.2) is 23.3 Å². The first kappa shape index (κ1) is 7.53. The van der Waals surface area contributed by atoms with E-state index in [1.54, 1.807) is 25.3 Å². The Kier molecular flexibility index (Phi) is 2.06. The molecule has 4 heteroatoms. The highest BCUT2D eigenvalue weighted by molar-refractivity contribution is 5.82. The van der Waals surface area contributed by atoms with Crippen molar-refractivity contribution >= 4 is 17.3 Å². The minimum atomic E-state index is 0.400. The van der Waals surface area contributed by atoms with Crippen molar-refractivity contribution in [3.8, 4) is 0 Å². The largest absolute Gasteiger partial charge is 0.387 e. The van der Waals surface area contributed by atoms with Gasteiger partial charge < -0.3 is 11.5 Å². The summed E-state index contributed by atoms with van der Waals surface area (Å²) in [6, 6.07) is 3.52. The van der Waals surface area contributed by atoms with Crippen LogP contribution in [-0.2, 0) is 0 Å². The number of pyridine rings is 1. The minimum absolute atomic E-state index is 0.400. The fourth-order valence-electron chi connectivity index (χ4n) is 0.694. The highest BCUT2D eigenvalue weighted by Crippen LogP contribution is 2.16. The van der Waals surface area contributed by atoms with Crippen molar-refractivity contribution in [1.82, 2.24) is 4.98 Å². The van der Waals surface area contributed by atoms with E-state index >= 15 is 0 Å². The maximum Gasteiger partial charge on any atom is 0.149 e. The third kappa shape index (κ3) is 1.93. The van der Waals surface area contributed by atoms with Gasteiger partial charge in [-0.25, -0.2) is 9.98 Å². The Bertz CT molecular complexity index is 276. The first-order valence-electron chi connectivity index (χ1n) is 3.21. The molecule has 0 saturated heterocycles. The topological polar surface area (TPSA) is 77.3 Å². The molecule has 0 atom stereocenters. The summed E-state index contributed by atoms with van der Waals surface area (Å²) in [4.78, 5) is 7.81. The smallest absolute Gasteiger partial charge is 0.149 e. The molecule has 0 bridgehead atoms. The first-order valence-corrected chi connectivity index (χ1v) is 3.21. The zero-order chi connectivity index (χ0) is 8.27. The molecule has 0 aliphatic rings. The van der Waals surface area contributed by atoms with E-state index in [9.17, 15) is 0 Å². The minimum Gasteiger partial charge on any atom is -0.387 e.